The first-order valence-electron chi connectivity index (χ1n) is 9.25. The number of sulfonamides is 1. The number of anilines is 1. The number of aryl methyl sites for hydroxylation is 2. The SMILES string of the molecule is Cc1ccc(C)c(NS(=O)(=O)c2c[nH]c(-c3nnc(C(=O)N4CCCC4)o3)c2)c1. The molecule has 0 unspecified atom stereocenters. The number of nitrogens with one attached hydrogen (secondary N) is 2. The van der Waals surface area contributed by atoms with Gasteiger partial charge in [0.15, 0.2) is 0 Å². The van der Waals surface area contributed by atoms with Crippen LogP contribution < -0.4 is 4.72 Å². The number of rotatable bonds is 5. The maximum absolute atomic E-state index is 12.7. The number of aromatic amines is 1. The van der Waals surface area contributed by atoms with Crippen LogP contribution in [-0.2, 0) is 10.0 Å². The number of hydrogen-bond acceptors (Lipinski definition) is 6. The van der Waals surface area contributed by atoms with Crippen molar-refractivity contribution in [3.63, 3.8) is 0 Å². The van der Waals surface area contributed by atoms with Crippen molar-refractivity contribution >= 4 is 21.6 Å². The van der Waals surface area contributed by atoms with E-state index < -0.39 is 10.0 Å². The first-order valence-corrected chi connectivity index (χ1v) is 10.7. The number of benzene rings is 1. The van der Waals surface area contributed by atoms with Gasteiger partial charge in [-0.2, -0.15) is 0 Å². The number of carbonyl (C=O) groups is 1. The van der Waals surface area contributed by atoms with Gasteiger partial charge in [0.25, 0.3) is 15.9 Å². The van der Waals surface area contributed by atoms with Crippen LogP contribution in [0.1, 0.15) is 34.7 Å². The van der Waals surface area contributed by atoms with E-state index in [0.29, 0.717) is 24.5 Å². The second-order valence-corrected chi connectivity index (χ2v) is 8.77. The number of amides is 1. The van der Waals surface area contributed by atoms with E-state index in [2.05, 4.69) is 19.9 Å². The highest BCUT2D eigenvalue weighted by atomic mass is 32.2. The van der Waals surface area contributed by atoms with E-state index in [1.165, 1.54) is 12.3 Å². The van der Waals surface area contributed by atoms with Crippen LogP contribution in [0.4, 0.5) is 5.69 Å². The Hall–Kier alpha value is -3.14. The Bertz CT molecular complexity index is 1160. The van der Waals surface area contributed by atoms with Crippen LogP contribution in [0.5, 0.6) is 0 Å². The molecule has 0 bridgehead atoms. The van der Waals surface area contributed by atoms with E-state index in [4.69, 9.17) is 4.42 Å². The van der Waals surface area contributed by atoms with Gasteiger partial charge in [-0.25, -0.2) is 8.42 Å². The van der Waals surface area contributed by atoms with Crippen molar-refractivity contribution in [3.05, 3.63) is 47.5 Å². The summed E-state index contributed by atoms with van der Waals surface area (Å²) in [5, 5.41) is 7.68. The van der Waals surface area contributed by atoms with Crippen molar-refractivity contribution in [2.45, 2.75) is 31.6 Å². The molecule has 0 aliphatic carbocycles. The first kappa shape index (κ1) is 19.2. The summed E-state index contributed by atoms with van der Waals surface area (Å²) in [6.07, 6.45) is 3.25. The van der Waals surface area contributed by atoms with Gasteiger partial charge in [0.2, 0.25) is 0 Å². The Morgan fingerprint density at radius 3 is 2.69 bits per heavy atom. The van der Waals surface area contributed by atoms with Gasteiger partial charge < -0.3 is 14.3 Å². The van der Waals surface area contributed by atoms with Crippen LogP contribution in [-0.4, -0.2) is 47.5 Å². The second-order valence-electron chi connectivity index (χ2n) is 7.08. The lowest BCUT2D eigenvalue weighted by molar-refractivity contribution is 0.0754. The van der Waals surface area contributed by atoms with E-state index >= 15 is 0 Å². The van der Waals surface area contributed by atoms with Crippen molar-refractivity contribution in [1.82, 2.24) is 20.1 Å². The average Bonchev–Trinajstić information content (AvgIpc) is 3.44. The van der Waals surface area contributed by atoms with Crippen molar-refractivity contribution in [1.29, 1.82) is 0 Å². The molecule has 0 saturated carbocycles. The van der Waals surface area contributed by atoms with Gasteiger partial charge in [-0.1, -0.05) is 12.1 Å². The molecule has 3 aromatic rings. The average molecular weight is 415 g/mol. The Morgan fingerprint density at radius 2 is 1.93 bits per heavy atom. The van der Waals surface area contributed by atoms with Gasteiger partial charge in [0, 0.05) is 19.3 Å². The highest BCUT2D eigenvalue weighted by Crippen LogP contribution is 2.25. The van der Waals surface area contributed by atoms with Crippen LogP contribution in [0.3, 0.4) is 0 Å². The lowest BCUT2D eigenvalue weighted by Crippen LogP contribution is -2.27. The zero-order valence-electron chi connectivity index (χ0n) is 16.1. The first-order chi connectivity index (χ1) is 13.8. The fourth-order valence-electron chi connectivity index (χ4n) is 3.18. The Kier molecular flexibility index (Phi) is 4.87. The molecule has 3 heterocycles. The molecule has 0 spiro atoms. The third kappa shape index (κ3) is 3.88. The molecule has 1 fully saturated rings. The minimum atomic E-state index is -3.81. The molecule has 9 nitrogen and oxygen atoms in total. The predicted octanol–water partition coefficient (Wildman–Crippen LogP) is 2.72. The molecule has 1 aromatic carbocycles. The Balaban J connectivity index is 1.55. The molecule has 2 N–H and O–H groups in total. The van der Waals surface area contributed by atoms with Gasteiger partial charge in [-0.15, -0.1) is 10.2 Å². The second kappa shape index (κ2) is 7.36. The van der Waals surface area contributed by atoms with Crippen LogP contribution in [0.25, 0.3) is 11.6 Å². The van der Waals surface area contributed by atoms with Crippen LogP contribution in [0.15, 0.2) is 39.8 Å². The quantitative estimate of drug-likeness (QED) is 0.661. The maximum atomic E-state index is 12.7. The van der Waals surface area contributed by atoms with Crippen LogP contribution in [0.2, 0.25) is 0 Å². The molecule has 4 rings (SSSR count). The molecule has 1 aliphatic heterocycles. The molecule has 1 amide bonds. The van der Waals surface area contributed by atoms with Crippen molar-refractivity contribution in [2.75, 3.05) is 17.8 Å². The van der Waals surface area contributed by atoms with Gasteiger partial charge in [0.05, 0.1) is 5.69 Å². The van der Waals surface area contributed by atoms with E-state index in [-0.39, 0.29) is 22.6 Å². The highest BCUT2D eigenvalue weighted by Gasteiger charge is 2.26. The number of hydrogen-bond donors (Lipinski definition) is 2. The molecule has 0 atom stereocenters. The summed E-state index contributed by atoms with van der Waals surface area (Å²) in [6, 6.07) is 6.94. The summed E-state index contributed by atoms with van der Waals surface area (Å²) in [5.41, 5.74) is 2.60. The molecular formula is C19H21N5O4S. The molecule has 2 aromatic heterocycles. The lowest BCUT2D eigenvalue weighted by atomic mass is 10.1. The van der Waals surface area contributed by atoms with E-state index in [1.54, 1.807) is 11.0 Å². The minimum Gasteiger partial charge on any atom is -0.411 e. The van der Waals surface area contributed by atoms with Crippen molar-refractivity contribution < 1.29 is 17.6 Å². The molecule has 0 radical (unpaired) electrons. The summed E-state index contributed by atoms with van der Waals surface area (Å²) in [4.78, 5) is 16.8. The molecule has 1 aliphatic rings. The van der Waals surface area contributed by atoms with Crippen molar-refractivity contribution in [2.24, 2.45) is 0 Å². The number of aromatic nitrogens is 3. The fraction of sp³-hybridized carbons (Fsp3) is 0.316. The van der Waals surface area contributed by atoms with Crippen LogP contribution in [0, 0.1) is 13.8 Å². The maximum Gasteiger partial charge on any atom is 0.311 e. The number of likely N-dealkylation sites (tertiary alicyclic amines) is 1. The third-order valence-electron chi connectivity index (χ3n) is 4.84. The Morgan fingerprint density at radius 1 is 1.17 bits per heavy atom. The predicted molar refractivity (Wildman–Crippen MR) is 106 cm³/mol. The molecular weight excluding hydrogens is 394 g/mol. The molecule has 152 valence electrons. The molecule has 1 saturated heterocycles. The monoisotopic (exact) mass is 415 g/mol. The summed E-state index contributed by atoms with van der Waals surface area (Å²) in [6.45, 7) is 5.07. The largest absolute Gasteiger partial charge is 0.411 e. The van der Waals surface area contributed by atoms with Crippen molar-refractivity contribution in [3.8, 4) is 11.6 Å². The zero-order valence-corrected chi connectivity index (χ0v) is 16.9. The standard InChI is InChI=1S/C19H21N5O4S/c1-12-5-6-13(2)15(9-12)23-29(26,27)14-10-16(20-11-14)17-21-22-18(28-17)19(25)24-7-3-4-8-24/h5-6,9-11,20,23H,3-4,7-8H2,1-2H3. The van der Waals surface area contributed by atoms with E-state index in [0.717, 1.165) is 24.0 Å². The highest BCUT2D eigenvalue weighted by molar-refractivity contribution is 7.92. The lowest BCUT2D eigenvalue weighted by Gasteiger charge is -2.11. The summed E-state index contributed by atoms with van der Waals surface area (Å²) in [7, 11) is -3.81. The normalized spacial score (nSPS) is 14.3. The molecule has 10 heteroatoms. The fourth-order valence-corrected chi connectivity index (χ4v) is 4.29. The van der Waals surface area contributed by atoms with Crippen LogP contribution >= 0.6 is 0 Å². The third-order valence-corrected chi connectivity index (χ3v) is 6.18. The summed E-state index contributed by atoms with van der Waals surface area (Å²) in [5.74, 6) is -0.354. The number of carbonyl (C=O) groups excluding carboxylic acids is 1. The van der Waals surface area contributed by atoms with Gasteiger partial charge >= 0.3 is 11.8 Å². The van der Waals surface area contributed by atoms with E-state index in [1.807, 2.05) is 26.0 Å². The molecule has 29 heavy (non-hydrogen) atoms. The van der Waals surface area contributed by atoms with Gasteiger partial charge in [0.1, 0.15) is 10.6 Å². The van der Waals surface area contributed by atoms with Gasteiger partial charge in [-0.3, -0.25) is 9.52 Å². The topological polar surface area (TPSA) is 121 Å². The zero-order chi connectivity index (χ0) is 20.6. The Labute approximate surface area is 168 Å². The smallest absolute Gasteiger partial charge is 0.311 e. The summed E-state index contributed by atoms with van der Waals surface area (Å²) < 4.78 is 33.5. The number of nitrogens with zero attached hydrogens (tertiary/aromatic N) is 3. The van der Waals surface area contributed by atoms with E-state index in [9.17, 15) is 13.2 Å². The summed E-state index contributed by atoms with van der Waals surface area (Å²) >= 11 is 0. The minimum absolute atomic E-state index is 0.0269. The number of H-pyrrole nitrogens is 1. The van der Waals surface area contributed by atoms with Gasteiger partial charge in [-0.05, 0) is 49.9 Å².